The zero-order chi connectivity index (χ0) is 30.0. The van der Waals surface area contributed by atoms with Gasteiger partial charge in [0.25, 0.3) is 0 Å². The molecule has 6 heteroatoms. The van der Waals surface area contributed by atoms with Gasteiger partial charge < -0.3 is 19.6 Å². The van der Waals surface area contributed by atoms with E-state index >= 15 is 0 Å². The van der Waals surface area contributed by atoms with Crippen LogP contribution in [0.2, 0.25) is 0 Å². The zero-order valence-corrected chi connectivity index (χ0v) is 26.4. The molecule has 1 saturated carbocycles. The quantitative estimate of drug-likeness (QED) is 0.372. The van der Waals surface area contributed by atoms with Crippen LogP contribution < -0.4 is 0 Å². The number of carbonyl (C=O) groups excluding carboxylic acids is 2. The highest BCUT2D eigenvalue weighted by Crippen LogP contribution is 2.48. The van der Waals surface area contributed by atoms with Crippen molar-refractivity contribution in [3.8, 4) is 0 Å². The molecule has 1 saturated heterocycles. The standard InChI is InChI=1S/C35H52N2O4/c1-8-9-23-41-32(39)37-22-21-36(24-29(37)34(5,6)7)31(38)30(28-16-12-14-25-13-10-11-15-27(25)28)35(40)19-17-26(18-20-35)33(2,3)4/h10-16,26,29-30,40H,8-9,17-24H2,1-7H3. The summed E-state index contributed by atoms with van der Waals surface area (Å²) in [6.45, 7) is 16.9. The van der Waals surface area contributed by atoms with Gasteiger partial charge in [-0.25, -0.2) is 4.79 Å². The molecule has 2 amide bonds. The number of hydrogen-bond acceptors (Lipinski definition) is 4. The van der Waals surface area contributed by atoms with Gasteiger partial charge in [-0.15, -0.1) is 0 Å². The summed E-state index contributed by atoms with van der Waals surface area (Å²) >= 11 is 0. The van der Waals surface area contributed by atoms with E-state index in [0.717, 1.165) is 42.0 Å². The number of unbranched alkanes of at least 4 members (excludes halogenated alkanes) is 1. The molecule has 2 fully saturated rings. The number of hydrogen-bond donors (Lipinski definition) is 1. The molecule has 4 rings (SSSR count). The maximum atomic E-state index is 14.7. The lowest BCUT2D eigenvalue weighted by Gasteiger charge is -2.49. The average Bonchev–Trinajstić information content (AvgIpc) is 2.92. The Kier molecular flexibility index (Phi) is 9.42. The summed E-state index contributed by atoms with van der Waals surface area (Å²) in [5, 5.41) is 14.5. The van der Waals surface area contributed by atoms with Crippen molar-refractivity contribution in [2.24, 2.45) is 16.7 Å². The van der Waals surface area contributed by atoms with Gasteiger partial charge in [0.05, 0.1) is 24.2 Å². The van der Waals surface area contributed by atoms with Crippen LogP contribution in [0.5, 0.6) is 0 Å². The molecule has 6 nitrogen and oxygen atoms in total. The lowest BCUT2D eigenvalue weighted by atomic mass is 9.64. The normalized spacial score (nSPS) is 24.8. The van der Waals surface area contributed by atoms with Crippen LogP contribution in [-0.4, -0.2) is 64.8 Å². The van der Waals surface area contributed by atoms with Crippen molar-refractivity contribution in [1.82, 2.24) is 9.80 Å². The minimum absolute atomic E-state index is 0.0358. The summed E-state index contributed by atoms with van der Waals surface area (Å²) in [6, 6.07) is 14.1. The summed E-state index contributed by atoms with van der Waals surface area (Å²) in [7, 11) is 0. The summed E-state index contributed by atoms with van der Waals surface area (Å²) in [5.41, 5.74) is -0.309. The van der Waals surface area contributed by atoms with Crippen LogP contribution in [0.1, 0.15) is 98.5 Å². The first-order chi connectivity index (χ1) is 19.3. The fraction of sp³-hybridized carbons (Fsp3) is 0.657. The molecule has 2 aromatic rings. The number of amides is 2. The number of ether oxygens (including phenoxy) is 1. The number of nitrogens with zero attached hydrogens (tertiary/aromatic N) is 2. The molecule has 2 aliphatic rings. The van der Waals surface area contributed by atoms with Crippen LogP contribution in [-0.2, 0) is 9.53 Å². The maximum absolute atomic E-state index is 14.7. The van der Waals surface area contributed by atoms with Crippen molar-refractivity contribution in [2.75, 3.05) is 26.2 Å². The molecule has 0 spiro atoms. The third kappa shape index (κ3) is 6.90. The van der Waals surface area contributed by atoms with Crippen LogP contribution in [0.15, 0.2) is 42.5 Å². The monoisotopic (exact) mass is 564 g/mol. The Morgan fingerprint density at radius 3 is 2.27 bits per heavy atom. The number of fused-ring (bicyclic) bond motifs is 1. The van der Waals surface area contributed by atoms with Crippen molar-refractivity contribution < 1.29 is 19.4 Å². The van der Waals surface area contributed by atoms with Gasteiger partial charge in [-0.3, -0.25) is 4.79 Å². The summed E-state index contributed by atoms with van der Waals surface area (Å²) in [6.07, 6.45) is 4.50. The Balaban J connectivity index is 1.67. The molecule has 0 radical (unpaired) electrons. The summed E-state index contributed by atoms with van der Waals surface area (Å²) in [5.74, 6) is -0.192. The average molecular weight is 565 g/mol. The Labute approximate surface area is 247 Å². The number of rotatable bonds is 6. The van der Waals surface area contributed by atoms with Crippen molar-refractivity contribution >= 4 is 22.8 Å². The van der Waals surface area contributed by atoms with Crippen molar-refractivity contribution in [3.05, 3.63) is 48.0 Å². The van der Waals surface area contributed by atoms with E-state index in [4.69, 9.17) is 4.74 Å². The molecule has 0 bridgehead atoms. The Bertz CT molecular complexity index is 1200. The maximum Gasteiger partial charge on any atom is 0.410 e. The van der Waals surface area contributed by atoms with Gasteiger partial charge in [0.1, 0.15) is 0 Å². The van der Waals surface area contributed by atoms with Crippen LogP contribution in [0.4, 0.5) is 4.79 Å². The fourth-order valence-corrected chi connectivity index (χ4v) is 6.94. The van der Waals surface area contributed by atoms with Gasteiger partial charge in [0, 0.05) is 19.6 Å². The highest BCUT2D eigenvalue weighted by Gasteiger charge is 2.49. The predicted molar refractivity (Wildman–Crippen MR) is 166 cm³/mol. The van der Waals surface area contributed by atoms with Crippen molar-refractivity contribution in [2.45, 2.75) is 105 Å². The van der Waals surface area contributed by atoms with Crippen LogP contribution in [0, 0.1) is 16.7 Å². The topological polar surface area (TPSA) is 70.1 Å². The molecule has 41 heavy (non-hydrogen) atoms. The van der Waals surface area contributed by atoms with Gasteiger partial charge in [-0.05, 0) is 65.2 Å². The highest BCUT2D eigenvalue weighted by atomic mass is 16.6. The molecule has 1 aliphatic heterocycles. The first-order valence-corrected chi connectivity index (χ1v) is 15.7. The molecule has 226 valence electrons. The van der Waals surface area contributed by atoms with Crippen molar-refractivity contribution in [3.63, 3.8) is 0 Å². The predicted octanol–water partition coefficient (Wildman–Crippen LogP) is 7.39. The second-order valence-corrected chi connectivity index (χ2v) is 14.6. The zero-order valence-electron chi connectivity index (χ0n) is 26.4. The smallest absolute Gasteiger partial charge is 0.410 e. The number of aliphatic hydroxyl groups is 1. The molecule has 1 aliphatic carbocycles. The molecule has 1 heterocycles. The lowest BCUT2D eigenvalue weighted by Crippen LogP contribution is -2.62. The fourth-order valence-electron chi connectivity index (χ4n) is 6.94. The van der Waals surface area contributed by atoms with Gasteiger partial charge >= 0.3 is 6.09 Å². The summed E-state index contributed by atoms with van der Waals surface area (Å²) < 4.78 is 5.60. The van der Waals surface area contributed by atoms with Gasteiger partial charge in [-0.2, -0.15) is 0 Å². The highest BCUT2D eigenvalue weighted by molar-refractivity contribution is 5.94. The molecular formula is C35H52N2O4. The molecule has 0 aromatic heterocycles. The number of benzene rings is 2. The minimum atomic E-state index is -1.13. The van der Waals surface area contributed by atoms with Gasteiger partial charge in [0.15, 0.2) is 0 Å². The molecular weight excluding hydrogens is 512 g/mol. The largest absolute Gasteiger partial charge is 0.449 e. The van der Waals surface area contributed by atoms with E-state index in [1.165, 1.54) is 0 Å². The first kappa shape index (κ1) is 31.3. The Hall–Kier alpha value is -2.60. The van der Waals surface area contributed by atoms with E-state index in [2.05, 4.69) is 66.7 Å². The molecule has 1 N–H and O–H groups in total. The van der Waals surface area contributed by atoms with Gasteiger partial charge in [-0.1, -0.05) is 97.4 Å². The van der Waals surface area contributed by atoms with Crippen LogP contribution >= 0.6 is 0 Å². The van der Waals surface area contributed by atoms with Crippen molar-refractivity contribution in [1.29, 1.82) is 0 Å². The van der Waals surface area contributed by atoms with E-state index in [1.807, 2.05) is 34.1 Å². The second-order valence-electron chi connectivity index (χ2n) is 14.6. The van der Waals surface area contributed by atoms with E-state index in [9.17, 15) is 14.7 Å². The minimum Gasteiger partial charge on any atom is -0.449 e. The van der Waals surface area contributed by atoms with E-state index in [0.29, 0.717) is 45.0 Å². The lowest BCUT2D eigenvalue weighted by molar-refractivity contribution is -0.146. The number of carbonyl (C=O) groups is 2. The molecule has 2 atom stereocenters. The Morgan fingerprint density at radius 2 is 1.63 bits per heavy atom. The van der Waals surface area contributed by atoms with E-state index < -0.39 is 11.5 Å². The molecule has 2 aromatic carbocycles. The second kappa shape index (κ2) is 12.3. The molecule has 2 unspecified atom stereocenters. The third-order valence-corrected chi connectivity index (χ3v) is 9.64. The first-order valence-electron chi connectivity index (χ1n) is 15.7. The van der Waals surface area contributed by atoms with Gasteiger partial charge in [0.2, 0.25) is 5.91 Å². The Morgan fingerprint density at radius 1 is 0.976 bits per heavy atom. The van der Waals surface area contributed by atoms with E-state index in [1.54, 1.807) is 0 Å². The number of piperazine rings is 1. The third-order valence-electron chi connectivity index (χ3n) is 9.64. The van der Waals surface area contributed by atoms with Crippen LogP contribution in [0.25, 0.3) is 10.8 Å². The summed E-state index contributed by atoms with van der Waals surface area (Å²) in [4.78, 5) is 31.5. The SMILES string of the molecule is CCCCOC(=O)N1CCN(C(=O)C(c2cccc3ccccc23)C2(O)CCC(C(C)(C)C)CC2)CC1C(C)(C)C. The van der Waals surface area contributed by atoms with Crippen LogP contribution in [0.3, 0.4) is 0 Å². The van der Waals surface area contributed by atoms with E-state index in [-0.39, 0.29) is 28.9 Å².